The van der Waals surface area contributed by atoms with Crippen LogP contribution in [0.4, 0.5) is 4.79 Å². The Morgan fingerprint density at radius 2 is 1.83 bits per heavy atom. The molecule has 1 aliphatic heterocycles. The number of urea groups is 1. The molecule has 0 aliphatic carbocycles. The summed E-state index contributed by atoms with van der Waals surface area (Å²) in [6.07, 6.45) is 0.496. The molecule has 94 valence electrons. The number of hydrogen-bond acceptors (Lipinski definition) is 4. The predicted molar refractivity (Wildman–Crippen MR) is 61.9 cm³/mol. The second-order valence-electron chi connectivity index (χ2n) is 3.81. The monoisotopic (exact) mass is 248 g/mol. The zero-order valence-electron chi connectivity index (χ0n) is 9.80. The number of amides is 4. The standard InChI is InChI=1S/C12H12N2O4/c1-18-9-4-2-8(3-5-9)6-7-14-11(16)10(15)13-12(14)17/h2-5H,6-7H2,1H3,(H,13,15,17). The van der Waals surface area contributed by atoms with Crippen molar-refractivity contribution in [2.24, 2.45) is 0 Å². The van der Waals surface area contributed by atoms with Crippen LogP contribution < -0.4 is 10.1 Å². The van der Waals surface area contributed by atoms with E-state index in [2.05, 4.69) is 0 Å². The number of hydrogen-bond donors (Lipinski definition) is 1. The molecule has 1 aliphatic rings. The fourth-order valence-corrected chi connectivity index (χ4v) is 1.67. The molecular weight excluding hydrogens is 236 g/mol. The van der Waals surface area contributed by atoms with Crippen molar-refractivity contribution < 1.29 is 19.1 Å². The van der Waals surface area contributed by atoms with Crippen LogP contribution in [0, 0.1) is 0 Å². The maximum atomic E-state index is 11.3. The van der Waals surface area contributed by atoms with Gasteiger partial charge in [0.15, 0.2) is 0 Å². The van der Waals surface area contributed by atoms with E-state index < -0.39 is 17.8 Å². The van der Waals surface area contributed by atoms with Crippen LogP contribution in [0.25, 0.3) is 0 Å². The molecule has 0 unspecified atom stereocenters. The second kappa shape index (κ2) is 4.87. The maximum absolute atomic E-state index is 11.3. The summed E-state index contributed by atoms with van der Waals surface area (Å²) in [6.45, 7) is 0.183. The van der Waals surface area contributed by atoms with Crippen molar-refractivity contribution in [3.63, 3.8) is 0 Å². The number of ether oxygens (including phenoxy) is 1. The van der Waals surface area contributed by atoms with E-state index in [9.17, 15) is 14.4 Å². The van der Waals surface area contributed by atoms with E-state index in [0.717, 1.165) is 16.2 Å². The highest BCUT2D eigenvalue weighted by atomic mass is 16.5. The summed E-state index contributed by atoms with van der Waals surface area (Å²) < 4.78 is 5.02. The highest BCUT2D eigenvalue weighted by Crippen LogP contribution is 2.12. The summed E-state index contributed by atoms with van der Waals surface area (Å²) in [7, 11) is 1.58. The molecule has 1 heterocycles. The molecule has 18 heavy (non-hydrogen) atoms. The normalized spacial score (nSPS) is 14.9. The van der Waals surface area contributed by atoms with Crippen molar-refractivity contribution in [1.82, 2.24) is 10.2 Å². The van der Waals surface area contributed by atoms with E-state index in [4.69, 9.17) is 4.74 Å². The third-order valence-electron chi connectivity index (χ3n) is 2.69. The zero-order chi connectivity index (χ0) is 13.1. The Hall–Kier alpha value is -2.37. The first-order valence-corrected chi connectivity index (χ1v) is 5.41. The van der Waals surface area contributed by atoms with E-state index in [1.54, 1.807) is 19.2 Å². The molecular formula is C12H12N2O4. The van der Waals surface area contributed by atoms with E-state index in [1.807, 2.05) is 17.4 Å². The molecule has 0 radical (unpaired) electrons. The Morgan fingerprint density at radius 3 is 2.33 bits per heavy atom. The second-order valence-corrected chi connectivity index (χ2v) is 3.81. The van der Waals surface area contributed by atoms with Crippen molar-refractivity contribution in [2.75, 3.05) is 13.7 Å². The summed E-state index contributed by atoms with van der Waals surface area (Å²) in [5.41, 5.74) is 0.954. The van der Waals surface area contributed by atoms with Gasteiger partial charge in [-0.05, 0) is 24.1 Å². The van der Waals surface area contributed by atoms with Crippen LogP contribution in [0.15, 0.2) is 24.3 Å². The lowest BCUT2D eigenvalue weighted by Gasteiger charge is -2.11. The summed E-state index contributed by atoms with van der Waals surface area (Å²) in [4.78, 5) is 34.4. The predicted octanol–water partition coefficient (Wildman–Crippen LogP) is 0.316. The summed E-state index contributed by atoms with van der Waals surface area (Å²) >= 11 is 0. The first-order chi connectivity index (χ1) is 8.61. The number of methoxy groups -OCH3 is 1. The average molecular weight is 248 g/mol. The molecule has 0 bridgehead atoms. The molecule has 6 heteroatoms. The Morgan fingerprint density at radius 1 is 1.17 bits per heavy atom. The van der Waals surface area contributed by atoms with Crippen LogP contribution in [-0.2, 0) is 16.0 Å². The quantitative estimate of drug-likeness (QED) is 0.615. The number of nitrogens with zero attached hydrogens (tertiary/aromatic N) is 1. The number of carbonyl (C=O) groups is 3. The Bertz CT molecular complexity index is 495. The molecule has 0 saturated carbocycles. The van der Waals surface area contributed by atoms with Gasteiger partial charge in [0.05, 0.1) is 7.11 Å². The van der Waals surface area contributed by atoms with E-state index in [-0.39, 0.29) is 6.54 Å². The smallest absolute Gasteiger partial charge is 0.331 e. The van der Waals surface area contributed by atoms with Crippen molar-refractivity contribution in [3.8, 4) is 5.75 Å². The zero-order valence-corrected chi connectivity index (χ0v) is 9.80. The van der Waals surface area contributed by atoms with Crippen LogP contribution in [0.3, 0.4) is 0 Å². The fourth-order valence-electron chi connectivity index (χ4n) is 1.67. The summed E-state index contributed by atoms with van der Waals surface area (Å²) in [6, 6.07) is 6.63. The first kappa shape index (κ1) is 12.1. The van der Waals surface area contributed by atoms with Gasteiger partial charge in [-0.15, -0.1) is 0 Å². The van der Waals surface area contributed by atoms with Crippen LogP contribution in [0.5, 0.6) is 5.75 Å². The molecule has 1 fully saturated rings. The lowest BCUT2D eigenvalue weighted by molar-refractivity contribution is -0.140. The average Bonchev–Trinajstić information content (AvgIpc) is 2.62. The number of imide groups is 2. The van der Waals surface area contributed by atoms with Gasteiger partial charge in [-0.2, -0.15) is 0 Å². The minimum absolute atomic E-state index is 0.183. The molecule has 0 atom stereocenters. The molecule has 1 aromatic carbocycles. The highest BCUT2D eigenvalue weighted by Gasteiger charge is 2.36. The molecule has 2 rings (SSSR count). The Labute approximate surface area is 104 Å². The van der Waals surface area contributed by atoms with Gasteiger partial charge in [0.2, 0.25) is 0 Å². The van der Waals surface area contributed by atoms with Crippen molar-refractivity contribution >= 4 is 17.8 Å². The highest BCUT2D eigenvalue weighted by molar-refractivity contribution is 6.44. The minimum atomic E-state index is -0.866. The van der Waals surface area contributed by atoms with Gasteiger partial charge < -0.3 is 4.74 Å². The molecule has 6 nitrogen and oxygen atoms in total. The van der Waals surface area contributed by atoms with Crippen LogP contribution in [-0.4, -0.2) is 36.4 Å². The largest absolute Gasteiger partial charge is 0.497 e. The maximum Gasteiger partial charge on any atom is 0.331 e. The lowest BCUT2D eigenvalue weighted by Crippen LogP contribution is -2.32. The van der Waals surface area contributed by atoms with Gasteiger partial charge >= 0.3 is 17.8 Å². The van der Waals surface area contributed by atoms with Gasteiger partial charge in [0.1, 0.15) is 5.75 Å². The van der Waals surface area contributed by atoms with Gasteiger partial charge in [-0.25, -0.2) is 4.79 Å². The van der Waals surface area contributed by atoms with Crippen LogP contribution in [0.1, 0.15) is 5.56 Å². The van der Waals surface area contributed by atoms with Crippen LogP contribution >= 0.6 is 0 Å². The minimum Gasteiger partial charge on any atom is -0.497 e. The molecule has 1 N–H and O–H groups in total. The molecule has 0 spiro atoms. The third kappa shape index (κ3) is 2.32. The van der Waals surface area contributed by atoms with E-state index in [1.165, 1.54) is 0 Å². The fraction of sp³-hybridized carbons (Fsp3) is 0.250. The first-order valence-electron chi connectivity index (χ1n) is 5.41. The Kier molecular flexibility index (Phi) is 3.27. The van der Waals surface area contributed by atoms with E-state index >= 15 is 0 Å². The van der Waals surface area contributed by atoms with Gasteiger partial charge in [0.25, 0.3) is 0 Å². The van der Waals surface area contributed by atoms with E-state index in [0.29, 0.717) is 6.42 Å². The van der Waals surface area contributed by atoms with Gasteiger partial charge in [-0.1, -0.05) is 12.1 Å². The van der Waals surface area contributed by atoms with Crippen molar-refractivity contribution in [3.05, 3.63) is 29.8 Å². The Balaban J connectivity index is 1.97. The molecule has 0 aromatic heterocycles. The van der Waals surface area contributed by atoms with Crippen LogP contribution in [0.2, 0.25) is 0 Å². The lowest BCUT2D eigenvalue weighted by atomic mass is 10.1. The molecule has 1 aromatic rings. The third-order valence-corrected chi connectivity index (χ3v) is 2.69. The van der Waals surface area contributed by atoms with Gasteiger partial charge in [0, 0.05) is 6.54 Å². The number of benzene rings is 1. The molecule has 4 amide bonds. The van der Waals surface area contributed by atoms with Gasteiger partial charge in [-0.3, -0.25) is 19.8 Å². The summed E-state index contributed by atoms with van der Waals surface area (Å²) in [5.74, 6) is -0.924. The number of carbonyl (C=O) groups excluding carboxylic acids is 3. The van der Waals surface area contributed by atoms with Crippen molar-refractivity contribution in [2.45, 2.75) is 6.42 Å². The SMILES string of the molecule is COc1ccc(CCN2C(=O)NC(=O)C2=O)cc1. The summed E-state index contributed by atoms with van der Waals surface area (Å²) in [5, 5.41) is 1.95. The van der Waals surface area contributed by atoms with Crippen molar-refractivity contribution in [1.29, 1.82) is 0 Å². The number of nitrogens with one attached hydrogen (secondary N) is 1. The topological polar surface area (TPSA) is 75.7 Å². The molecule has 1 saturated heterocycles. The number of rotatable bonds is 4.